The van der Waals surface area contributed by atoms with Crippen molar-refractivity contribution in [1.82, 2.24) is 5.32 Å². The van der Waals surface area contributed by atoms with Crippen LogP contribution in [0.1, 0.15) is 11.1 Å². The molecule has 2 aromatic carbocycles. The zero-order valence-corrected chi connectivity index (χ0v) is 12.8. The van der Waals surface area contributed by atoms with Gasteiger partial charge in [0.05, 0.1) is 0 Å². The topological polar surface area (TPSA) is 33.3 Å². The molecule has 0 radical (unpaired) electrons. The maximum Gasteiger partial charge on any atom is 0.387 e. The Morgan fingerprint density at radius 2 is 1.91 bits per heavy atom. The van der Waals surface area contributed by atoms with Gasteiger partial charge in [-0.25, -0.2) is 0 Å². The fourth-order valence-corrected chi connectivity index (χ4v) is 2.08. The molecule has 0 spiro atoms. The zero-order chi connectivity index (χ0) is 15.9. The molecule has 0 heterocycles. The second-order valence-corrected chi connectivity index (χ2v) is 5.06. The molecule has 6 heteroatoms. The monoisotopic (exact) mass is 322 g/mol. The first-order valence-electron chi connectivity index (χ1n) is 6.69. The number of hydrogen-bond donors (Lipinski definition) is 2. The van der Waals surface area contributed by atoms with Gasteiger partial charge in [0, 0.05) is 12.2 Å². The molecule has 22 heavy (non-hydrogen) atoms. The molecule has 2 N–H and O–H groups in total. The van der Waals surface area contributed by atoms with Gasteiger partial charge >= 0.3 is 6.61 Å². The Kier molecular flexibility index (Phi) is 5.66. The Bertz CT molecular complexity index is 635. The summed E-state index contributed by atoms with van der Waals surface area (Å²) in [7, 11) is 0. The zero-order valence-electron chi connectivity index (χ0n) is 12.0. The first kappa shape index (κ1) is 16.2. The molecule has 0 fully saturated rings. The molecule has 2 rings (SSSR count). The lowest BCUT2D eigenvalue weighted by Gasteiger charge is -2.14. The number of anilines is 1. The Labute approximate surface area is 133 Å². The highest BCUT2D eigenvalue weighted by atomic mass is 32.1. The quantitative estimate of drug-likeness (QED) is 0.813. The molecular weight excluding hydrogens is 306 g/mol. The fraction of sp³-hybridized carbons (Fsp3) is 0.188. The molecule has 116 valence electrons. The van der Waals surface area contributed by atoms with Crippen LogP contribution in [0.2, 0.25) is 0 Å². The lowest BCUT2D eigenvalue weighted by Crippen LogP contribution is -2.28. The van der Waals surface area contributed by atoms with E-state index in [0.29, 0.717) is 11.7 Å². The summed E-state index contributed by atoms with van der Waals surface area (Å²) in [6.45, 7) is -0.425. The lowest BCUT2D eigenvalue weighted by molar-refractivity contribution is -0.0498. The van der Waals surface area contributed by atoms with Crippen molar-refractivity contribution in [1.29, 1.82) is 0 Å². The molecule has 0 aliphatic rings. The number of rotatable bonds is 5. The van der Waals surface area contributed by atoms with E-state index in [0.717, 1.165) is 16.8 Å². The van der Waals surface area contributed by atoms with Gasteiger partial charge in [0.2, 0.25) is 0 Å². The molecule has 0 unspecified atom stereocenters. The van der Waals surface area contributed by atoms with E-state index in [1.165, 1.54) is 12.1 Å². The van der Waals surface area contributed by atoms with Crippen LogP contribution in [0.4, 0.5) is 14.5 Å². The summed E-state index contributed by atoms with van der Waals surface area (Å²) >= 11 is 5.22. The Morgan fingerprint density at radius 3 is 2.55 bits per heavy atom. The molecule has 2 aromatic rings. The molecule has 0 amide bonds. The lowest BCUT2D eigenvalue weighted by atomic mass is 10.2. The molecule has 0 saturated heterocycles. The van der Waals surface area contributed by atoms with E-state index in [1.54, 1.807) is 13.0 Å². The molecule has 0 bridgehead atoms. The molecular formula is C16H16F2N2OS. The number of alkyl halides is 2. The van der Waals surface area contributed by atoms with Gasteiger partial charge in [-0.3, -0.25) is 0 Å². The highest BCUT2D eigenvalue weighted by molar-refractivity contribution is 7.80. The van der Waals surface area contributed by atoms with Crippen molar-refractivity contribution in [2.45, 2.75) is 20.1 Å². The van der Waals surface area contributed by atoms with Gasteiger partial charge < -0.3 is 15.4 Å². The SMILES string of the molecule is Cc1cc(OC(F)F)ccc1NC(=S)NCc1ccccc1. The van der Waals surface area contributed by atoms with Gasteiger partial charge in [0.1, 0.15) is 5.75 Å². The molecule has 0 atom stereocenters. The van der Waals surface area contributed by atoms with E-state index < -0.39 is 6.61 Å². The maximum atomic E-state index is 12.2. The van der Waals surface area contributed by atoms with Crippen LogP contribution < -0.4 is 15.4 Å². The number of halogens is 2. The van der Waals surface area contributed by atoms with Crippen molar-refractivity contribution in [2.24, 2.45) is 0 Å². The third kappa shape index (κ3) is 4.96. The van der Waals surface area contributed by atoms with Gasteiger partial charge in [-0.1, -0.05) is 30.3 Å². The highest BCUT2D eigenvalue weighted by Gasteiger charge is 2.07. The molecule has 0 saturated carbocycles. The van der Waals surface area contributed by atoms with Crippen molar-refractivity contribution in [3.63, 3.8) is 0 Å². The normalized spacial score (nSPS) is 10.4. The van der Waals surface area contributed by atoms with Crippen molar-refractivity contribution in [3.8, 4) is 5.75 Å². The van der Waals surface area contributed by atoms with E-state index >= 15 is 0 Å². The first-order chi connectivity index (χ1) is 10.5. The fourth-order valence-electron chi connectivity index (χ4n) is 1.90. The highest BCUT2D eigenvalue weighted by Crippen LogP contribution is 2.22. The van der Waals surface area contributed by atoms with Crippen LogP contribution in [0.5, 0.6) is 5.75 Å². The second-order valence-electron chi connectivity index (χ2n) is 4.65. The summed E-state index contributed by atoms with van der Waals surface area (Å²) in [5.41, 5.74) is 2.62. The van der Waals surface area contributed by atoms with Crippen LogP contribution >= 0.6 is 12.2 Å². The number of ether oxygens (including phenoxy) is 1. The minimum atomic E-state index is -2.83. The molecule has 0 aromatic heterocycles. The van der Waals surface area contributed by atoms with E-state index in [-0.39, 0.29) is 5.75 Å². The van der Waals surface area contributed by atoms with E-state index in [4.69, 9.17) is 12.2 Å². The third-order valence-corrected chi connectivity index (χ3v) is 3.21. The van der Waals surface area contributed by atoms with Crippen LogP contribution in [0, 0.1) is 6.92 Å². The van der Waals surface area contributed by atoms with Gasteiger partial charge in [0.15, 0.2) is 5.11 Å². The molecule has 0 aliphatic carbocycles. The predicted molar refractivity (Wildman–Crippen MR) is 87.3 cm³/mol. The van der Waals surface area contributed by atoms with Gasteiger partial charge in [0.25, 0.3) is 0 Å². The summed E-state index contributed by atoms with van der Waals surface area (Å²) in [5.74, 6) is 0.126. The number of nitrogens with one attached hydrogen (secondary N) is 2. The third-order valence-electron chi connectivity index (χ3n) is 2.97. The van der Waals surface area contributed by atoms with Crippen molar-refractivity contribution >= 4 is 23.0 Å². The van der Waals surface area contributed by atoms with Gasteiger partial charge in [-0.05, 0) is 48.5 Å². The molecule has 0 aliphatic heterocycles. The Morgan fingerprint density at radius 1 is 1.18 bits per heavy atom. The summed E-state index contributed by atoms with van der Waals surface area (Å²) in [6, 6.07) is 14.5. The van der Waals surface area contributed by atoms with E-state index in [2.05, 4.69) is 15.4 Å². The van der Waals surface area contributed by atoms with Crippen LogP contribution in [0.3, 0.4) is 0 Å². The van der Waals surface area contributed by atoms with Gasteiger partial charge in [-0.15, -0.1) is 0 Å². The maximum absolute atomic E-state index is 12.2. The number of thiocarbonyl (C=S) groups is 1. The predicted octanol–water partition coefficient (Wildman–Crippen LogP) is 4.08. The summed E-state index contributed by atoms with van der Waals surface area (Å²) in [4.78, 5) is 0. The minimum absolute atomic E-state index is 0.126. The van der Waals surface area contributed by atoms with Crippen LogP contribution in [-0.4, -0.2) is 11.7 Å². The second kappa shape index (κ2) is 7.70. The average molecular weight is 322 g/mol. The standard InChI is InChI=1S/C16H16F2N2OS/c1-11-9-13(21-15(17)18)7-8-14(11)20-16(22)19-10-12-5-3-2-4-6-12/h2-9,15H,10H2,1H3,(H2,19,20,22). The Balaban J connectivity index is 1.91. The molecule has 3 nitrogen and oxygen atoms in total. The summed E-state index contributed by atoms with van der Waals surface area (Å²) < 4.78 is 28.7. The van der Waals surface area contributed by atoms with Crippen LogP contribution in [0.25, 0.3) is 0 Å². The Hall–Kier alpha value is -2.21. The average Bonchev–Trinajstić information content (AvgIpc) is 2.48. The summed E-state index contributed by atoms with van der Waals surface area (Å²) in [6.07, 6.45) is 0. The first-order valence-corrected chi connectivity index (χ1v) is 7.09. The number of benzene rings is 2. The van der Waals surface area contributed by atoms with Crippen molar-refractivity contribution in [3.05, 3.63) is 59.7 Å². The minimum Gasteiger partial charge on any atom is -0.435 e. The number of hydrogen-bond acceptors (Lipinski definition) is 2. The van der Waals surface area contributed by atoms with E-state index in [9.17, 15) is 8.78 Å². The number of aryl methyl sites for hydroxylation is 1. The van der Waals surface area contributed by atoms with Crippen LogP contribution in [-0.2, 0) is 6.54 Å². The summed E-state index contributed by atoms with van der Waals surface area (Å²) in [5, 5.41) is 6.60. The van der Waals surface area contributed by atoms with Crippen molar-refractivity contribution in [2.75, 3.05) is 5.32 Å². The van der Waals surface area contributed by atoms with Gasteiger partial charge in [-0.2, -0.15) is 8.78 Å². The smallest absolute Gasteiger partial charge is 0.387 e. The largest absolute Gasteiger partial charge is 0.435 e. The van der Waals surface area contributed by atoms with Crippen LogP contribution in [0.15, 0.2) is 48.5 Å². The van der Waals surface area contributed by atoms with Crippen molar-refractivity contribution < 1.29 is 13.5 Å². The van der Waals surface area contributed by atoms with E-state index in [1.807, 2.05) is 30.3 Å².